The van der Waals surface area contributed by atoms with E-state index in [0.717, 1.165) is 13.1 Å². The first-order valence-corrected chi connectivity index (χ1v) is 7.77. The van der Waals surface area contributed by atoms with E-state index in [1.165, 1.54) is 30.8 Å². The maximum absolute atomic E-state index is 11.9. The van der Waals surface area contributed by atoms with Crippen LogP contribution >= 0.6 is 11.5 Å². The molecule has 1 unspecified atom stereocenters. The summed E-state index contributed by atoms with van der Waals surface area (Å²) < 4.78 is 9.06. The van der Waals surface area contributed by atoms with Gasteiger partial charge in [-0.25, -0.2) is 4.79 Å². The normalized spacial score (nSPS) is 19.8. The first kappa shape index (κ1) is 15.1. The van der Waals surface area contributed by atoms with Crippen molar-refractivity contribution in [2.75, 3.05) is 37.8 Å². The van der Waals surface area contributed by atoms with Crippen LogP contribution in [0.3, 0.4) is 0 Å². The van der Waals surface area contributed by atoms with Crippen LogP contribution in [0.25, 0.3) is 0 Å². The zero-order valence-corrected chi connectivity index (χ0v) is 12.8. The minimum absolute atomic E-state index is 0.243. The second kappa shape index (κ2) is 6.90. The highest BCUT2D eigenvalue weighted by molar-refractivity contribution is 7.11. The summed E-state index contributed by atoms with van der Waals surface area (Å²) in [4.78, 5) is 14.2. The average Bonchev–Trinajstić information content (AvgIpc) is 2.79. The highest BCUT2D eigenvalue weighted by Gasteiger charge is 2.23. The number of carbonyl (C=O) groups excluding carboxylic acids is 1. The van der Waals surface area contributed by atoms with Crippen LogP contribution in [-0.4, -0.2) is 48.0 Å². The van der Waals surface area contributed by atoms with Gasteiger partial charge in [-0.05, 0) is 44.9 Å². The third kappa shape index (κ3) is 3.40. The summed E-state index contributed by atoms with van der Waals surface area (Å²) in [6.07, 6.45) is 3.69. The molecule has 0 saturated carbocycles. The van der Waals surface area contributed by atoms with Crippen LogP contribution < -0.4 is 11.1 Å². The number of hydrogen-bond donors (Lipinski definition) is 2. The van der Waals surface area contributed by atoms with Gasteiger partial charge in [0.25, 0.3) is 0 Å². The number of likely N-dealkylation sites (tertiary alicyclic amines) is 1. The van der Waals surface area contributed by atoms with Crippen LogP contribution in [0.4, 0.5) is 10.8 Å². The van der Waals surface area contributed by atoms with E-state index in [1.54, 1.807) is 6.92 Å². The number of aromatic nitrogens is 1. The molecule has 0 radical (unpaired) electrons. The number of likely N-dealkylation sites (N-methyl/N-ethyl adjacent to an activating group) is 1. The number of esters is 1. The average molecular weight is 298 g/mol. The van der Waals surface area contributed by atoms with Crippen LogP contribution in [0.5, 0.6) is 0 Å². The minimum Gasteiger partial charge on any atom is -0.462 e. The molecule has 0 amide bonds. The van der Waals surface area contributed by atoms with Gasteiger partial charge in [-0.15, -0.1) is 0 Å². The lowest BCUT2D eigenvalue weighted by Gasteiger charge is -2.32. The molecule has 1 aliphatic rings. The molecule has 0 bridgehead atoms. The van der Waals surface area contributed by atoms with Crippen molar-refractivity contribution >= 4 is 28.3 Å². The Balaban J connectivity index is 2.00. The molecule has 1 aromatic rings. The molecular formula is C13H22N4O2S. The van der Waals surface area contributed by atoms with E-state index in [9.17, 15) is 4.79 Å². The predicted octanol–water partition coefficient (Wildman–Crippen LogP) is 1.80. The van der Waals surface area contributed by atoms with Crippen LogP contribution in [0, 0.1) is 0 Å². The molecule has 1 atom stereocenters. The van der Waals surface area contributed by atoms with Gasteiger partial charge < -0.3 is 20.7 Å². The minimum atomic E-state index is -0.404. The topological polar surface area (TPSA) is 80.5 Å². The summed E-state index contributed by atoms with van der Waals surface area (Å²) >= 11 is 1.21. The fourth-order valence-electron chi connectivity index (χ4n) is 2.44. The molecule has 20 heavy (non-hydrogen) atoms. The van der Waals surface area contributed by atoms with Gasteiger partial charge in [0, 0.05) is 12.6 Å². The Morgan fingerprint density at radius 2 is 2.40 bits per heavy atom. The molecule has 0 spiro atoms. The first-order chi connectivity index (χ1) is 9.63. The molecule has 2 heterocycles. The number of nitrogens with zero attached hydrogens (tertiary/aromatic N) is 2. The number of ether oxygens (including phenoxy) is 1. The van der Waals surface area contributed by atoms with Gasteiger partial charge in [0.2, 0.25) is 0 Å². The molecule has 3 N–H and O–H groups in total. The maximum Gasteiger partial charge on any atom is 0.344 e. The highest BCUT2D eigenvalue weighted by atomic mass is 32.1. The van der Waals surface area contributed by atoms with Crippen molar-refractivity contribution in [3.63, 3.8) is 0 Å². The first-order valence-electron chi connectivity index (χ1n) is 6.99. The van der Waals surface area contributed by atoms with Crippen molar-refractivity contribution in [1.29, 1.82) is 0 Å². The van der Waals surface area contributed by atoms with Crippen molar-refractivity contribution in [3.8, 4) is 0 Å². The Bertz CT molecular complexity index is 463. The highest BCUT2D eigenvalue weighted by Crippen LogP contribution is 2.28. The Kier molecular flexibility index (Phi) is 5.19. The van der Waals surface area contributed by atoms with E-state index in [1.807, 2.05) is 0 Å². The lowest BCUT2D eigenvalue weighted by Crippen LogP contribution is -2.40. The van der Waals surface area contributed by atoms with Gasteiger partial charge in [-0.2, -0.15) is 4.37 Å². The Labute approximate surface area is 123 Å². The summed E-state index contributed by atoms with van der Waals surface area (Å²) in [5, 5.41) is 4.02. The fourth-order valence-corrected chi connectivity index (χ4v) is 3.14. The lowest BCUT2D eigenvalue weighted by atomic mass is 10.0. The number of nitrogens with two attached hydrogens (primary N) is 1. The Morgan fingerprint density at radius 1 is 1.60 bits per heavy atom. The van der Waals surface area contributed by atoms with Gasteiger partial charge in [0.05, 0.1) is 6.61 Å². The number of anilines is 2. The molecule has 0 aromatic carbocycles. The zero-order chi connectivity index (χ0) is 14.5. The van der Waals surface area contributed by atoms with Crippen LogP contribution in [0.1, 0.15) is 36.5 Å². The fraction of sp³-hybridized carbons (Fsp3) is 0.692. The molecule has 112 valence electrons. The molecular weight excluding hydrogens is 276 g/mol. The summed E-state index contributed by atoms with van der Waals surface area (Å²) in [5.41, 5.74) is 6.13. The SMILES string of the molecule is CCOC(=O)c1c(N)nsc1NCC1CCCCN1C. The molecule has 0 aliphatic carbocycles. The number of nitrogen functional groups attached to an aromatic ring is 1. The largest absolute Gasteiger partial charge is 0.462 e. The number of rotatable bonds is 5. The Hall–Kier alpha value is -1.34. The van der Waals surface area contributed by atoms with E-state index in [4.69, 9.17) is 10.5 Å². The summed E-state index contributed by atoms with van der Waals surface area (Å²) in [6, 6.07) is 0.488. The van der Waals surface area contributed by atoms with E-state index in [-0.39, 0.29) is 5.82 Å². The smallest absolute Gasteiger partial charge is 0.344 e. The van der Waals surface area contributed by atoms with Crippen molar-refractivity contribution in [2.45, 2.75) is 32.2 Å². The van der Waals surface area contributed by atoms with Crippen molar-refractivity contribution in [3.05, 3.63) is 5.56 Å². The van der Waals surface area contributed by atoms with Gasteiger partial charge in [0.1, 0.15) is 10.6 Å². The number of nitrogens with one attached hydrogen (secondary N) is 1. The lowest BCUT2D eigenvalue weighted by molar-refractivity contribution is 0.0529. The third-order valence-corrected chi connectivity index (χ3v) is 4.44. The summed E-state index contributed by atoms with van der Waals surface area (Å²) in [6.45, 7) is 4.03. The van der Waals surface area contributed by atoms with Crippen LogP contribution in [0.2, 0.25) is 0 Å². The molecule has 6 nitrogen and oxygen atoms in total. The molecule has 1 fully saturated rings. The van der Waals surface area contributed by atoms with Gasteiger partial charge >= 0.3 is 5.97 Å². The number of hydrogen-bond acceptors (Lipinski definition) is 7. The second-order valence-corrected chi connectivity index (χ2v) is 5.78. The quantitative estimate of drug-likeness (QED) is 0.807. The van der Waals surface area contributed by atoms with Crippen LogP contribution in [0.15, 0.2) is 0 Å². The molecule has 1 saturated heterocycles. The third-order valence-electron chi connectivity index (χ3n) is 3.62. The van der Waals surface area contributed by atoms with E-state index in [2.05, 4.69) is 21.6 Å². The predicted molar refractivity (Wildman–Crippen MR) is 81.2 cm³/mol. The second-order valence-electron chi connectivity index (χ2n) is 5.00. The van der Waals surface area contributed by atoms with E-state index in [0.29, 0.717) is 23.2 Å². The number of piperidine rings is 1. The zero-order valence-electron chi connectivity index (χ0n) is 12.0. The monoisotopic (exact) mass is 298 g/mol. The van der Waals surface area contributed by atoms with Gasteiger partial charge in [-0.1, -0.05) is 6.42 Å². The standard InChI is InChI=1S/C13H22N4O2S/c1-3-19-13(18)10-11(14)16-20-12(10)15-8-9-6-4-5-7-17(9)2/h9,15H,3-8H2,1-2H3,(H2,14,16). The van der Waals surface area contributed by atoms with Crippen molar-refractivity contribution < 1.29 is 9.53 Å². The van der Waals surface area contributed by atoms with Crippen molar-refractivity contribution in [2.24, 2.45) is 0 Å². The van der Waals surface area contributed by atoms with E-state index >= 15 is 0 Å². The van der Waals surface area contributed by atoms with Gasteiger partial charge in [0.15, 0.2) is 5.82 Å². The molecule has 1 aromatic heterocycles. The van der Waals surface area contributed by atoms with Crippen molar-refractivity contribution in [1.82, 2.24) is 9.27 Å². The maximum atomic E-state index is 11.9. The number of carbonyl (C=O) groups is 1. The summed E-state index contributed by atoms with van der Waals surface area (Å²) in [5.74, 6) is -0.161. The summed E-state index contributed by atoms with van der Waals surface area (Å²) in [7, 11) is 2.14. The molecule has 2 rings (SSSR count). The van der Waals surface area contributed by atoms with Gasteiger partial charge in [-0.3, -0.25) is 0 Å². The van der Waals surface area contributed by atoms with E-state index < -0.39 is 5.97 Å². The Morgan fingerprint density at radius 3 is 3.10 bits per heavy atom. The molecule has 7 heteroatoms. The molecule has 1 aliphatic heterocycles. The van der Waals surface area contributed by atoms with Crippen LogP contribution in [-0.2, 0) is 4.74 Å².